The molecule has 1 aromatic carbocycles. The third-order valence-electron chi connectivity index (χ3n) is 4.92. The molecule has 106 valence electrons. The molecule has 19 heavy (non-hydrogen) atoms. The Morgan fingerprint density at radius 2 is 1.89 bits per heavy atom. The lowest BCUT2D eigenvalue weighted by molar-refractivity contribution is 0.186. The fourth-order valence-electron chi connectivity index (χ4n) is 3.20. The molecular weight excluding hydrogens is 232 g/mol. The smallest absolute Gasteiger partial charge is 0.0364 e. The van der Waals surface area contributed by atoms with Gasteiger partial charge >= 0.3 is 0 Å². The van der Waals surface area contributed by atoms with Gasteiger partial charge in [-0.2, -0.15) is 0 Å². The van der Waals surface area contributed by atoms with Crippen molar-refractivity contribution >= 4 is 5.69 Å². The van der Waals surface area contributed by atoms with E-state index in [9.17, 15) is 0 Å². The molecule has 4 atom stereocenters. The van der Waals surface area contributed by atoms with Gasteiger partial charge in [-0.25, -0.2) is 0 Å². The number of anilines is 1. The summed E-state index contributed by atoms with van der Waals surface area (Å²) in [5.74, 6) is 2.31. The molecule has 2 nitrogen and oxygen atoms in total. The molecule has 0 amide bonds. The van der Waals surface area contributed by atoms with Crippen LogP contribution in [0.15, 0.2) is 24.3 Å². The first-order valence-corrected chi connectivity index (χ1v) is 7.52. The number of hydrogen-bond acceptors (Lipinski definition) is 2. The summed E-state index contributed by atoms with van der Waals surface area (Å²) < 4.78 is 0. The summed E-state index contributed by atoms with van der Waals surface area (Å²) in [4.78, 5) is 2.14. The van der Waals surface area contributed by atoms with Gasteiger partial charge in [0.2, 0.25) is 0 Å². The monoisotopic (exact) mass is 260 g/mol. The molecule has 0 aliphatic heterocycles. The van der Waals surface area contributed by atoms with Gasteiger partial charge in [-0.1, -0.05) is 32.4 Å². The highest BCUT2D eigenvalue weighted by atomic mass is 15.1. The maximum atomic E-state index is 6.53. The van der Waals surface area contributed by atoms with E-state index in [1.807, 2.05) is 0 Å². The van der Waals surface area contributed by atoms with Crippen molar-refractivity contribution < 1.29 is 0 Å². The van der Waals surface area contributed by atoms with E-state index in [0.717, 1.165) is 11.8 Å². The molecule has 0 bridgehead atoms. The maximum Gasteiger partial charge on any atom is 0.0364 e. The van der Waals surface area contributed by atoms with Gasteiger partial charge in [0.05, 0.1) is 0 Å². The first-order valence-electron chi connectivity index (χ1n) is 7.52. The molecule has 1 fully saturated rings. The largest absolute Gasteiger partial charge is 0.378 e. The Hall–Kier alpha value is -1.02. The SMILES string of the molecule is CC1CCC(C(N)c2cccc(N(C)C)c2)CC1C. The second-order valence-electron chi connectivity index (χ2n) is 6.54. The predicted octanol–water partition coefficient (Wildman–Crippen LogP) is 3.82. The Morgan fingerprint density at radius 3 is 2.53 bits per heavy atom. The minimum atomic E-state index is 0.190. The molecule has 0 saturated heterocycles. The molecule has 1 aliphatic carbocycles. The van der Waals surface area contributed by atoms with E-state index in [2.05, 4.69) is 57.1 Å². The second-order valence-corrected chi connectivity index (χ2v) is 6.54. The highest BCUT2D eigenvalue weighted by Crippen LogP contribution is 2.39. The van der Waals surface area contributed by atoms with Gasteiger partial charge in [-0.3, -0.25) is 0 Å². The van der Waals surface area contributed by atoms with Crippen LogP contribution in [0.2, 0.25) is 0 Å². The van der Waals surface area contributed by atoms with Gasteiger partial charge in [0.1, 0.15) is 0 Å². The second kappa shape index (κ2) is 5.96. The highest BCUT2D eigenvalue weighted by Gasteiger charge is 2.29. The van der Waals surface area contributed by atoms with Gasteiger partial charge in [-0.05, 0) is 48.3 Å². The lowest BCUT2D eigenvalue weighted by Gasteiger charge is -2.35. The van der Waals surface area contributed by atoms with Gasteiger partial charge in [0.15, 0.2) is 0 Å². The van der Waals surface area contributed by atoms with E-state index in [1.165, 1.54) is 30.5 Å². The van der Waals surface area contributed by atoms with Crippen LogP contribution in [0.3, 0.4) is 0 Å². The molecular formula is C17H28N2. The normalized spacial score (nSPS) is 29.0. The van der Waals surface area contributed by atoms with Crippen molar-refractivity contribution in [1.82, 2.24) is 0 Å². The maximum absolute atomic E-state index is 6.53. The number of rotatable bonds is 3. The Labute approximate surface area is 118 Å². The summed E-state index contributed by atoms with van der Waals surface area (Å²) in [6.07, 6.45) is 3.88. The summed E-state index contributed by atoms with van der Waals surface area (Å²) in [6.45, 7) is 4.75. The van der Waals surface area contributed by atoms with E-state index in [4.69, 9.17) is 5.73 Å². The zero-order chi connectivity index (χ0) is 14.0. The fourth-order valence-corrected chi connectivity index (χ4v) is 3.20. The number of benzene rings is 1. The van der Waals surface area contributed by atoms with Crippen LogP contribution in [0.25, 0.3) is 0 Å². The molecule has 4 unspecified atom stereocenters. The van der Waals surface area contributed by atoms with Crippen LogP contribution in [0.1, 0.15) is 44.7 Å². The Kier molecular flexibility index (Phi) is 4.51. The average molecular weight is 260 g/mol. The van der Waals surface area contributed by atoms with Crippen molar-refractivity contribution in [2.45, 2.75) is 39.2 Å². The van der Waals surface area contributed by atoms with E-state index in [-0.39, 0.29) is 6.04 Å². The van der Waals surface area contributed by atoms with Crippen LogP contribution in [0, 0.1) is 17.8 Å². The van der Waals surface area contributed by atoms with Crippen molar-refractivity contribution in [1.29, 1.82) is 0 Å². The first kappa shape index (κ1) is 14.4. The van der Waals surface area contributed by atoms with Crippen molar-refractivity contribution in [3.05, 3.63) is 29.8 Å². The van der Waals surface area contributed by atoms with Crippen molar-refractivity contribution in [3.63, 3.8) is 0 Å². The zero-order valence-corrected chi connectivity index (χ0v) is 12.8. The van der Waals surface area contributed by atoms with Crippen molar-refractivity contribution in [2.75, 3.05) is 19.0 Å². The van der Waals surface area contributed by atoms with Gasteiger partial charge in [0, 0.05) is 25.8 Å². The number of nitrogens with zero attached hydrogens (tertiary/aromatic N) is 1. The lowest BCUT2D eigenvalue weighted by atomic mass is 9.72. The van der Waals surface area contributed by atoms with Gasteiger partial charge < -0.3 is 10.6 Å². The molecule has 1 aliphatic rings. The van der Waals surface area contributed by atoms with Gasteiger partial charge in [-0.15, -0.1) is 0 Å². The van der Waals surface area contributed by atoms with E-state index in [1.54, 1.807) is 0 Å². The van der Waals surface area contributed by atoms with Crippen molar-refractivity contribution in [3.8, 4) is 0 Å². The van der Waals surface area contributed by atoms with Gasteiger partial charge in [0.25, 0.3) is 0 Å². The molecule has 0 radical (unpaired) electrons. The van der Waals surface area contributed by atoms with Crippen LogP contribution in [0.5, 0.6) is 0 Å². The lowest BCUT2D eigenvalue weighted by Crippen LogP contribution is -2.29. The summed E-state index contributed by atoms with van der Waals surface area (Å²) in [7, 11) is 4.16. The molecule has 1 aromatic rings. The third kappa shape index (κ3) is 3.30. The van der Waals surface area contributed by atoms with Crippen LogP contribution in [0.4, 0.5) is 5.69 Å². The third-order valence-corrected chi connectivity index (χ3v) is 4.92. The van der Waals surface area contributed by atoms with E-state index in [0.29, 0.717) is 5.92 Å². The van der Waals surface area contributed by atoms with Crippen LogP contribution in [-0.4, -0.2) is 14.1 Å². The topological polar surface area (TPSA) is 29.3 Å². The minimum absolute atomic E-state index is 0.190. The molecule has 1 saturated carbocycles. The summed E-state index contributed by atoms with van der Waals surface area (Å²) in [5, 5.41) is 0. The zero-order valence-electron chi connectivity index (χ0n) is 12.8. The van der Waals surface area contributed by atoms with Crippen molar-refractivity contribution in [2.24, 2.45) is 23.5 Å². The number of nitrogens with two attached hydrogens (primary N) is 1. The minimum Gasteiger partial charge on any atom is -0.378 e. The molecule has 2 heteroatoms. The standard InChI is InChI=1S/C17H28N2/c1-12-8-9-15(10-13(12)2)17(18)14-6-5-7-16(11-14)19(3)4/h5-7,11-13,15,17H,8-10,18H2,1-4H3. The molecule has 0 heterocycles. The summed E-state index contributed by atoms with van der Waals surface area (Å²) in [6, 6.07) is 8.88. The quantitative estimate of drug-likeness (QED) is 0.895. The van der Waals surface area contributed by atoms with Crippen LogP contribution in [-0.2, 0) is 0 Å². The van der Waals surface area contributed by atoms with Crippen LogP contribution < -0.4 is 10.6 Å². The molecule has 2 rings (SSSR count). The summed E-state index contributed by atoms with van der Waals surface area (Å²) in [5.41, 5.74) is 9.06. The Balaban J connectivity index is 2.11. The molecule has 0 aromatic heterocycles. The first-order chi connectivity index (χ1) is 8.99. The number of hydrogen-bond donors (Lipinski definition) is 1. The predicted molar refractivity (Wildman–Crippen MR) is 83.4 cm³/mol. The Bertz CT molecular complexity index is 413. The van der Waals surface area contributed by atoms with E-state index < -0.39 is 0 Å². The average Bonchev–Trinajstić information content (AvgIpc) is 2.41. The highest BCUT2D eigenvalue weighted by molar-refractivity contribution is 5.47. The molecule has 2 N–H and O–H groups in total. The van der Waals surface area contributed by atoms with E-state index >= 15 is 0 Å². The molecule has 0 spiro atoms. The summed E-state index contributed by atoms with van der Waals surface area (Å²) >= 11 is 0. The Morgan fingerprint density at radius 1 is 1.16 bits per heavy atom. The fraction of sp³-hybridized carbons (Fsp3) is 0.647. The van der Waals surface area contributed by atoms with Crippen LogP contribution >= 0.6 is 0 Å².